The predicted octanol–water partition coefficient (Wildman–Crippen LogP) is 3.63. The molecule has 0 atom stereocenters. The number of hydrogen-bond acceptors (Lipinski definition) is 3. The number of amides is 2. The number of anilines is 1. The smallest absolute Gasteiger partial charge is 0.339 e. The molecule has 2 amide bonds. The summed E-state index contributed by atoms with van der Waals surface area (Å²) in [5, 5.41) is 6.58. The van der Waals surface area contributed by atoms with Crippen LogP contribution in [0.5, 0.6) is 5.75 Å². The number of nitrogens with zero attached hydrogens (tertiary/aromatic N) is 1. The molecule has 0 fully saturated rings. The number of nitrogens with one attached hydrogen (secondary N) is 2. The fourth-order valence-electron chi connectivity index (χ4n) is 1.72. The van der Waals surface area contributed by atoms with Crippen molar-refractivity contribution in [3.8, 4) is 5.75 Å². The summed E-state index contributed by atoms with van der Waals surface area (Å²) >= 11 is 0. The molecule has 114 valence electrons. The Morgan fingerprint density at radius 3 is 2.55 bits per heavy atom. The van der Waals surface area contributed by atoms with Crippen LogP contribution in [-0.2, 0) is 0 Å². The zero-order valence-electron chi connectivity index (χ0n) is 12.5. The molecule has 0 aliphatic heterocycles. The van der Waals surface area contributed by atoms with Crippen LogP contribution < -0.4 is 15.5 Å². The van der Waals surface area contributed by atoms with Crippen molar-refractivity contribution >= 4 is 17.9 Å². The van der Waals surface area contributed by atoms with Gasteiger partial charge in [0, 0.05) is 5.69 Å². The van der Waals surface area contributed by atoms with Crippen molar-refractivity contribution in [1.29, 1.82) is 0 Å². The van der Waals surface area contributed by atoms with Crippen LogP contribution in [0.2, 0.25) is 0 Å². The number of ether oxygens (including phenoxy) is 1. The van der Waals surface area contributed by atoms with Gasteiger partial charge in [0.1, 0.15) is 5.75 Å². The van der Waals surface area contributed by atoms with E-state index < -0.39 is 0 Å². The minimum atomic E-state index is -0.384. The molecule has 0 aromatic heterocycles. The molecule has 0 saturated heterocycles. The third-order valence-electron chi connectivity index (χ3n) is 2.76. The molecule has 0 aliphatic rings. The summed E-state index contributed by atoms with van der Waals surface area (Å²) in [7, 11) is 0. The Balaban J connectivity index is 1.80. The number of para-hydroxylation sites is 1. The first-order chi connectivity index (χ1) is 10.8. The van der Waals surface area contributed by atoms with Crippen LogP contribution in [0.25, 0.3) is 0 Å². The van der Waals surface area contributed by atoms with Crippen LogP contribution in [-0.4, -0.2) is 18.9 Å². The summed E-state index contributed by atoms with van der Waals surface area (Å²) in [6.07, 6.45) is 2.55. The van der Waals surface area contributed by atoms with Crippen LogP contribution in [0.3, 0.4) is 0 Å². The van der Waals surface area contributed by atoms with E-state index in [1.165, 1.54) is 0 Å². The molecule has 2 aromatic rings. The lowest BCUT2D eigenvalue weighted by Gasteiger charge is -2.04. The van der Waals surface area contributed by atoms with Crippen molar-refractivity contribution in [2.45, 2.75) is 13.3 Å². The van der Waals surface area contributed by atoms with Gasteiger partial charge in [-0.1, -0.05) is 25.1 Å². The maximum absolute atomic E-state index is 11.6. The van der Waals surface area contributed by atoms with Gasteiger partial charge < -0.3 is 10.1 Å². The first kappa shape index (κ1) is 15.6. The van der Waals surface area contributed by atoms with Crippen LogP contribution >= 0.6 is 0 Å². The normalized spacial score (nSPS) is 10.4. The van der Waals surface area contributed by atoms with E-state index in [1.807, 2.05) is 42.5 Å². The summed E-state index contributed by atoms with van der Waals surface area (Å²) in [6.45, 7) is 2.77. The van der Waals surface area contributed by atoms with Gasteiger partial charge in [0.05, 0.1) is 12.8 Å². The molecule has 22 heavy (non-hydrogen) atoms. The fourth-order valence-corrected chi connectivity index (χ4v) is 1.72. The third-order valence-corrected chi connectivity index (χ3v) is 2.76. The van der Waals surface area contributed by atoms with Crippen molar-refractivity contribution in [1.82, 2.24) is 5.43 Å². The Bertz CT molecular complexity index is 610. The second kappa shape index (κ2) is 8.46. The van der Waals surface area contributed by atoms with E-state index in [-0.39, 0.29) is 6.03 Å². The third kappa shape index (κ3) is 5.28. The number of hydrazone groups is 1. The molecule has 2 aromatic carbocycles. The van der Waals surface area contributed by atoms with E-state index in [1.54, 1.807) is 18.3 Å². The Hall–Kier alpha value is -2.82. The van der Waals surface area contributed by atoms with Crippen LogP contribution in [0.1, 0.15) is 18.9 Å². The largest absolute Gasteiger partial charge is 0.494 e. The van der Waals surface area contributed by atoms with Gasteiger partial charge >= 0.3 is 6.03 Å². The second-order valence-electron chi connectivity index (χ2n) is 4.61. The summed E-state index contributed by atoms with van der Waals surface area (Å²) in [5.41, 5.74) is 4.01. The average molecular weight is 297 g/mol. The minimum Gasteiger partial charge on any atom is -0.494 e. The summed E-state index contributed by atoms with van der Waals surface area (Å²) in [4.78, 5) is 11.6. The van der Waals surface area contributed by atoms with Gasteiger partial charge in [-0.2, -0.15) is 5.10 Å². The van der Waals surface area contributed by atoms with Crippen molar-refractivity contribution in [2.75, 3.05) is 11.9 Å². The van der Waals surface area contributed by atoms with E-state index in [0.29, 0.717) is 12.3 Å². The lowest BCUT2D eigenvalue weighted by molar-refractivity contribution is 0.252. The molecular weight excluding hydrogens is 278 g/mol. The Kier molecular flexibility index (Phi) is 5.99. The Morgan fingerprint density at radius 2 is 1.86 bits per heavy atom. The van der Waals surface area contributed by atoms with E-state index in [0.717, 1.165) is 17.7 Å². The second-order valence-corrected chi connectivity index (χ2v) is 4.61. The van der Waals surface area contributed by atoms with E-state index >= 15 is 0 Å². The van der Waals surface area contributed by atoms with Crippen molar-refractivity contribution in [3.05, 3.63) is 60.2 Å². The standard InChI is InChI=1S/C17H19N3O2/c1-2-12-22-16-10-8-14(9-11-16)13-18-20-17(21)19-15-6-4-3-5-7-15/h3-11,13H,2,12H2,1H3,(H2,19,20,21)/b18-13-. The van der Waals surface area contributed by atoms with Crippen molar-refractivity contribution < 1.29 is 9.53 Å². The van der Waals surface area contributed by atoms with Gasteiger partial charge in [-0.25, -0.2) is 10.2 Å². The molecule has 0 aliphatic carbocycles. The quantitative estimate of drug-likeness (QED) is 0.631. The van der Waals surface area contributed by atoms with E-state index in [2.05, 4.69) is 22.8 Å². The molecule has 0 spiro atoms. The monoisotopic (exact) mass is 297 g/mol. The molecule has 0 heterocycles. The summed E-state index contributed by atoms with van der Waals surface area (Å²) in [6, 6.07) is 16.3. The predicted molar refractivity (Wildman–Crippen MR) is 88.4 cm³/mol. The maximum atomic E-state index is 11.6. The number of urea groups is 1. The van der Waals surface area contributed by atoms with Gasteiger partial charge in [0.25, 0.3) is 0 Å². The molecule has 5 heteroatoms. The average Bonchev–Trinajstić information content (AvgIpc) is 2.55. The summed E-state index contributed by atoms with van der Waals surface area (Å²) in [5.74, 6) is 0.828. The van der Waals surface area contributed by atoms with Gasteiger partial charge in [-0.3, -0.25) is 0 Å². The highest BCUT2D eigenvalue weighted by atomic mass is 16.5. The topological polar surface area (TPSA) is 62.7 Å². The zero-order chi connectivity index (χ0) is 15.6. The van der Waals surface area contributed by atoms with Crippen molar-refractivity contribution in [3.63, 3.8) is 0 Å². The number of carbonyl (C=O) groups is 1. The van der Waals surface area contributed by atoms with Crippen LogP contribution in [0.4, 0.5) is 10.5 Å². The van der Waals surface area contributed by atoms with Crippen LogP contribution in [0, 0.1) is 0 Å². The van der Waals surface area contributed by atoms with Gasteiger partial charge in [0.15, 0.2) is 0 Å². The molecule has 5 nitrogen and oxygen atoms in total. The van der Waals surface area contributed by atoms with Crippen LogP contribution in [0.15, 0.2) is 59.7 Å². The van der Waals surface area contributed by atoms with Crippen molar-refractivity contribution in [2.24, 2.45) is 5.10 Å². The lowest BCUT2D eigenvalue weighted by atomic mass is 10.2. The minimum absolute atomic E-state index is 0.384. The van der Waals surface area contributed by atoms with Gasteiger partial charge in [-0.15, -0.1) is 0 Å². The molecule has 0 radical (unpaired) electrons. The maximum Gasteiger partial charge on any atom is 0.339 e. The number of hydrogen-bond donors (Lipinski definition) is 2. The molecule has 0 bridgehead atoms. The van der Waals surface area contributed by atoms with E-state index in [4.69, 9.17) is 4.74 Å². The molecule has 2 rings (SSSR count). The Labute approximate surface area is 130 Å². The lowest BCUT2D eigenvalue weighted by Crippen LogP contribution is -2.24. The first-order valence-electron chi connectivity index (χ1n) is 7.16. The molecule has 0 saturated carbocycles. The molecular formula is C17H19N3O2. The number of benzene rings is 2. The number of carbonyl (C=O) groups excluding carboxylic acids is 1. The Morgan fingerprint density at radius 1 is 1.14 bits per heavy atom. The molecule has 2 N–H and O–H groups in total. The highest BCUT2D eigenvalue weighted by molar-refractivity contribution is 5.90. The SMILES string of the molecule is CCCOc1ccc(/C=N\NC(=O)Nc2ccccc2)cc1. The zero-order valence-corrected chi connectivity index (χ0v) is 12.5. The van der Waals surface area contributed by atoms with Gasteiger partial charge in [0.2, 0.25) is 0 Å². The first-order valence-corrected chi connectivity index (χ1v) is 7.16. The fraction of sp³-hybridized carbons (Fsp3) is 0.176. The molecule has 0 unspecified atom stereocenters. The summed E-state index contributed by atoms with van der Waals surface area (Å²) < 4.78 is 5.49. The van der Waals surface area contributed by atoms with Gasteiger partial charge in [-0.05, 0) is 48.4 Å². The highest BCUT2D eigenvalue weighted by Gasteiger charge is 1.98. The van der Waals surface area contributed by atoms with E-state index in [9.17, 15) is 4.79 Å². The number of rotatable bonds is 6. The highest BCUT2D eigenvalue weighted by Crippen LogP contribution is 2.11.